The van der Waals surface area contributed by atoms with Crippen molar-refractivity contribution in [2.45, 2.75) is 32.4 Å². The monoisotopic (exact) mass is 474 g/mol. The number of carbonyl (C=O) groups excluding carboxylic acids is 3. The molecule has 1 amide bonds. The molecule has 0 aliphatic heterocycles. The van der Waals surface area contributed by atoms with Gasteiger partial charge < -0.3 is 25.3 Å². The Hall–Kier alpha value is -3.04. The van der Waals surface area contributed by atoms with Crippen LogP contribution in [0.3, 0.4) is 0 Å². The predicted octanol–water partition coefficient (Wildman–Crippen LogP) is 2.69. The molecule has 0 aromatic heterocycles. The van der Waals surface area contributed by atoms with Crippen LogP contribution in [-0.2, 0) is 30.3 Å². The molecule has 8 nitrogen and oxygen atoms in total. The fourth-order valence-corrected chi connectivity index (χ4v) is 3.74. The van der Waals surface area contributed by atoms with E-state index in [1.165, 1.54) is 25.6 Å². The van der Waals surface area contributed by atoms with Gasteiger partial charge in [-0.2, -0.15) is 11.8 Å². The summed E-state index contributed by atoms with van der Waals surface area (Å²) in [4.78, 5) is 34.4. The Balaban J connectivity index is 1.67. The average molecular weight is 475 g/mol. The highest BCUT2D eigenvalue weighted by atomic mass is 32.2. The van der Waals surface area contributed by atoms with Crippen molar-refractivity contribution in [2.24, 2.45) is 5.73 Å². The first kappa shape index (κ1) is 26.2. The first-order valence-electron chi connectivity index (χ1n) is 10.6. The van der Waals surface area contributed by atoms with E-state index in [1.807, 2.05) is 54.6 Å². The van der Waals surface area contributed by atoms with Crippen LogP contribution in [0, 0.1) is 0 Å². The number of rotatable bonds is 13. The third-order valence-electron chi connectivity index (χ3n) is 4.36. The number of ether oxygens (including phenoxy) is 3. The SMILES string of the molecule is CC(=O)OCC(CSCC(N)C(=O)NCCc1ccc(Oc2ccccc2)cc1)OC(C)=O. The van der Waals surface area contributed by atoms with E-state index < -0.39 is 24.1 Å². The second-order valence-corrected chi connectivity index (χ2v) is 8.35. The highest BCUT2D eigenvalue weighted by Gasteiger charge is 2.17. The molecular formula is C24H30N2O6S. The average Bonchev–Trinajstić information content (AvgIpc) is 2.78. The lowest BCUT2D eigenvalue weighted by Gasteiger charge is -2.17. The van der Waals surface area contributed by atoms with Crippen LogP contribution in [-0.4, -0.2) is 54.6 Å². The molecule has 2 atom stereocenters. The van der Waals surface area contributed by atoms with E-state index in [0.29, 0.717) is 24.5 Å². The molecule has 0 spiro atoms. The molecule has 0 saturated heterocycles. The minimum Gasteiger partial charge on any atom is -0.462 e. The van der Waals surface area contributed by atoms with Gasteiger partial charge >= 0.3 is 11.9 Å². The fraction of sp³-hybridized carbons (Fsp3) is 0.375. The fourth-order valence-electron chi connectivity index (χ4n) is 2.77. The molecule has 0 bridgehead atoms. The van der Waals surface area contributed by atoms with Gasteiger partial charge in [-0.1, -0.05) is 30.3 Å². The highest BCUT2D eigenvalue weighted by molar-refractivity contribution is 7.99. The van der Waals surface area contributed by atoms with Gasteiger partial charge in [-0.05, 0) is 36.2 Å². The third kappa shape index (κ3) is 10.9. The molecule has 2 unspecified atom stereocenters. The maximum atomic E-state index is 12.2. The van der Waals surface area contributed by atoms with Crippen LogP contribution < -0.4 is 15.8 Å². The molecule has 2 rings (SSSR count). The molecule has 0 heterocycles. The summed E-state index contributed by atoms with van der Waals surface area (Å²) in [7, 11) is 0. The number of esters is 2. The van der Waals surface area contributed by atoms with Crippen LogP contribution in [0.2, 0.25) is 0 Å². The third-order valence-corrected chi connectivity index (χ3v) is 5.56. The molecule has 2 aromatic carbocycles. The van der Waals surface area contributed by atoms with Crippen molar-refractivity contribution in [3.63, 3.8) is 0 Å². The molecule has 0 aliphatic carbocycles. The summed E-state index contributed by atoms with van der Waals surface area (Å²) in [6.07, 6.45) is 0.0780. The van der Waals surface area contributed by atoms with Gasteiger partial charge in [0.1, 0.15) is 24.2 Å². The molecule has 2 aromatic rings. The molecule has 0 aliphatic rings. The first-order valence-corrected chi connectivity index (χ1v) is 11.7. The van der Waals surface area contributed by atoms with Gasteiger partial charge in [0.2, 0.25) is 5.91 Å². The van der Waals surface area contributed by atoms with Gasteiger partial charge in [0.15, 0.2) is 0 Å². The van der Waals surface area contributed by atoms with E-state index in [0.717, 1.165) is 17.1 Å². The van der Waals surface area contributed by atoms with Gasteiger partial charge in [-0.15, -0.1) is 0 Å². The zero-order chi connectivity index (χ0) is 24.1. The van der Waals surface area contributed by atoms with Crippen molar-refractivity contribution in [2.75, 3.05) is 24.7 Å². The lowest BCUT2D eigenvalue weighted by molar-refractivity contribution is -0.154. The van der Waals surface area contributed by atoms with Gasteiger partial charge in [0.25, 0.3) is 0 Å². The zero-order valence-corrected chi connectivity index (χ0v) is 19.6. The normalized spacial score (nSPS) is 12.3. The van der Waals surface area contributed by atoms with E-state index in [1.54, 1.807) is 0 Å². The molecule has 33 heavy (non-hydrogen) atoms. The van der Waals surface area contributed by atoms with Crippen molar-refractivity contribution in [1.82, 2.24) is 5.32 Å². The topological polar surface area (TPSA) is 117 Å². The Labute approximate surface area is 198 Å². The molecule has 0 radical (unpaired) electrons. The number of thioether (sulfide) groups is 1. The lowest BCUT2D eigenvalue weighted by Crippen LogP contribution is -2.43. The predicted molar refractivity (Wildman–Crippen MR) is 127 cm³/mol. The highest BCUT2D eigenvalue weighted by Crippen LogP contribution is 2.21. The molecule has 9 heteroatoms. The molecule has 178 valence electrons. The number of carbonyl (C=O) groups is 3. The quantitative estimate of drug-likeness (QED) is 0.426. The number of nitrogens with one attached hydrogen (secondary N) is 1. The van der Waals surface area contributed by atoms with E-state index in [4.69, 9.17) is 19.9 Å². The number of nitrogens with two attached hydrogens (primary N) is 1. The molecular weight excluding hydrogens is 444 g/mol. The summed E-state index contributed by atoms with van der Waals surface area (Å²) in [5.41, 5.74) is 7.02. The van der Waals surface area contributed by atoms with Crippen molar-refractivity contribution >= 4 is 29.6 Å². The van der Waals surface area contributed by atoms with Gasteiger partial charge in [-0.3, -0.25) is 14.4 Å². The van der Waals surface area contributed by atoms with E-state index in [-0.39, 0.29) is 12.5 Å². The second-order valence-electron chi connectivity index (χ2n) is 7.28. The van der Waals surface area contributed by atoms with Gasteiger partial charge in [0.05, 0.1) is 6.04 Å². The van der Waals surface area contributed by atoms with Crippen LogP contribution in [0.15, 0.2) is 54.6 Å². The Morgan fingerprint density at radius 1 is 0.939 bits per heavy atom. The Morgan fingerprint density at radius 3 is 2.24 bits per heavy atom. The molecule has 3 N–H and O–H groups in total. The van der Waals surface area contributed by atoms with Crippen molar-refractivity contribution < 1.29 is 28.6 Å². The standard InChI is InChI=1S/C24H30N2O6S/c1-17(27)30-14-22(31-18(2)28)15-33-16-23(25)24(29)26-13-12-19-8-10-21(11-9-19)32-20-6-4-3-5-7-20/h3-11,22-23H,12-16,25H2,1-2H3,(H,26,29). The maximum Gasteiger partial charge on any atom is 0.303 e. The lowest BCUT2D eigenvalue weighted by atomic mass is 10.1. The minimum atomic E-state index is -0.705. The molecule has 0 fully saturated rings. The second kappa shape index (κ2) is 14.2. The van der Waals surface area contributed by atoms with Gasteiger partial charge in [0, 0.05) is 31.9 Å². The van der Waals surface area contributed by atoms with Crippen molar-refractivity contribution in [1.29, 1.82) is 0 Å². The number of hydrogen-bond acceptors (Lipinski definition) is 8. The summed E-state index contributed by atoms with van der Waals surface area (Å²) < 4.78 is 15.8. The zero-order valence-electron chi connectivity index (χ0n) is 18.8. The summed E-state index contributed by atoms with van der Waals surface area (Å²) >= 11 is 1.36. The number of benzene rings is 2. The number of amides is 1. The first-order chi connectivity index (χ1) is 15.8. The van der Waals surface area contributed by atoms with Crippen LogP contribution in [0.1, 0.15) is 19.4 Å². The van der Waals surface area contributed by atoms with Crippen LogP contribution >= 0.6 is 11.8 Å². The summed E-state index contributed by atoms with van der Waals surface area (Å²) in [6.45, 7) is 3.00. The van der Waals surface area contributed by atoms with Crippen molar-refractivity contribution in [3.05, 3.63) is 60.2 Å². The summed E-state index contributed by atoms with van der Waals surface area (Å²) in [5.74, 6) is 1.06. The van der Waals surface area contributed by atoms with Crippen LogP contribution in [0.25, 0.3) is 0 Å². The smallest absolute Gasteiger partial charge is 0.303 e. The Bertz CT molecular complexity index is 892. The largest absolute Gasteiger partial charge is 0.462 e. The van der Waals surface area contributed by atoms with E-state index >= 15 is 0 Å². The number of para-hydroxylation sites is 1. The maximum absolute atomic E-state index is 12.2. The summed E-state index contributed by atoms with van der Waals surface area (Å²) in [6, 6.07) is 16.5. The van der Waals surface area contributed by atoms with Crippen LogP contribution in [0.5, 0.6) is 11.5 Å². The van der Waals surface area contributed by atoms with E-state index in [9.17, 15) is 14.4 Å². The molecule has 0 saturated carbocycles. The van der Waals surface area contributed by atoms with E-state index in [2.05, 4.69) is 5.32 Å². The van der Waals surface area contributed by atoms with Gasteiger partial charge in [-0.25, -0.2) is 0 Å². The van der Waals surface area contributed by atoms with Crippen LogP contribution in [0.4, 0.5) is 0 Å². The minimum absolute atomic E-state index is 0.0292. The Morgan fingerprint density at radius 2 is 1.61 bits per heavy atom. The van der Waals surface area contributed by atoms with Crippen molar-refractivity contribution in [3.8, 4) is 11.5 Å². The number of hydrogen-bond donors (Lipinski definition) is 2. The Kier molecular flexibility index (Phi) is 11.3. The summed E-state index contributed by atoms with van der Waals surface area (Å²) in [5, 5.41) is 2.83.